The molecule has 0 aliphatic carbocycles. The molecule has 1 aromatic carbocycles. The first-order valence-corrected chi connectivity index (χ1v) is 7.31. The van der Waals surface area contributed by atoms with E-state index in [4.69, 9.17) is 33.7 Å². The van der Waals surface area contributed by atoms with Crippen molar-refractivity contribution in [3.63, 3.8) is 0 Å². The molecule has 1 amide bonds. The van der Waals surface area contributed by atoms with Crippen molar-refractivity contribution < 1.29 is 9.53 Å². The molecule has 0 radical (unpaired) electrons. The molecule has 0 saturated carbocycles. The van der Waals surface area contributed by atoms with E-state index < -0.39 is 0 Å². The first-order chi connectivity index (χ1) is 9.46. The average molecular weight is 356 g/mol. The van der Waals surface area contributed by atoms with Gasteiger partial charge in [0.1, 0.15) is 5.75 Å². The fourth-order valence-electron chi connectivity index (χ4n) is 1.81. The second-order valence-corrected chi connectivity index (χ2v) is 5.42. The second-order valence-electron chi connectivity index (χ2n) is 4.60. The molecule has 120 valence electrons. The minimum absolute atomic E-state index is 0. The molecule has 3 N–H and O–H groups in total. The summed E-state index contributed by atoms with van der Waals surface area (Å²) in [6, 6.07) is 4.86. The summed E-state index contributed by atoms with van der Waals surface area (Å²) in [7, 11) is 0. The van der Waals surface area contributed by atoms with Crippen LogP contribution < -0.4 is 15.8 Å². The van der Waals surface area contributed by atoms with E-state index in [1.165, 1.54) is 0 Å². The highest BCUT2D eigenvalue weighted by Crippen LogP contribution is 2.26. The van der Waals surface area contributed by atoms with Crippen molar-refractivity contribution in [1.29, 1.82) is 0 Å². The number of amides is 1. The standard InChI is InChI=1S/C14H20Cl2N2O2.ClH/c1-3-14(4-2,9-17)18-13(19)8-20-10-5-6-11(15)12(16)7-10;/h5-7H,3-4,8-9,17H2,1-2H3,(H,18,19);1H. The Labute approximate surface area is 141 Å². The van der Waals surface area contributed by atoms with Crippen molar-refractivity contribution in [3.8, 4) is 5.75 Å². The summed E-state index contributed by atoms with van der Waals surface area (Å²) >= 11 is 11.7. The van der Waals surface area contributed by atoms with E-state index in [-0.39, 0.29) is 30.5 Å². The van der Waals surface area contributed by atoms with Gasteiger partial charge in [0.25, 0.3) is 5.91 Å². The van der Waals surface area contributed by atoms with Gasteiger partial charge >= 0.3 is 0 Å². The van der Waals surface area contributed by atoms with Gasteiger partial charge in [0.15, 0.2) is 6.61 Å². The summed E-state index contributed by atoms with van der Waals surface area (Å²) in [5.74, 6) is 0.297. The number of carbonyl (C=O) groups excluding carboxylic acids is 1. The lowest BCUT2D eigenvalue weighted by atomic mass is 9.93. The molecule has 0 aromatic heterocycles. The number of rotatable bonds is 7. The van der Waals surface area contributed by atoms with E-state index >= 15 is 0 Å². The summed E-state index contributed by atoms with van der Waals surface area (Å²) in [6.45, 7) is 4.31. The summed E-state index contributed by atoms with van der Waals surface area (Å²) in [5, 5.41) is 3.77. The maximum absolute atomic E-state index is 11.9. The van der Waals surface area contributed by atoms with Crippen LogP contribution in [0.2, 0.25) is 10.0 Å². The monoisotopic (exact) mass is 354 g/mol. The molecular weight excluding hydrogens is 335 g/mol. The minimum Gasteiger partial charge on any atom is -0.484 e. The van der Waals surface area contributed by atoms with Crippen LogP contribution in [0.4, 0.5) is 0 Å². The Morgan fingerprint density at radius 2 is 1.90 bits per heavy atom. The Bertz CT molecular complexity index is 457. The highest BCUT2D eigenvalue weighted by atomic mass is 35.5. The maximum Gasteiger partial charge on any atom is 0.258 e. The Hall–Kier alpha value is -0.680. The zero-order chi connectivity index (χ0) is 15.2. The number of nitrogens with two attached hydrogens (primary N) is 1. The van der Waals surface area contributed by atoms with Gasteiger partial charge < -0.3 is 15.8 Å². The number of hydrogen-bond acceptors (Lipinski definition) is 3. The largest absolute Gasteiger partial charge is 0.484 e. The van der Waals surface area contributed by atoms with Crippen molar-refractivity contribution in [2.24, 2.45) is 5.73 Å². The van der Waals surface area contributed by atoms with Gasteiger partial charge in [-0.3, -0.25) is 4.79 Å². The Morgan fingerprint density at radius 3 is 2.38 bits per heavy atom. The third kappa shape index (κ3) is 5.91. The van der Waals surface area contributed by atoms with E-state index in [9.17, 15) is 4.79 Å². The van der Waals surface area contributed by atoms with Crippen LogP contribution in [0.25, 0.3) is 0 Å². The molecule has 0 fully saturated rings. The fourth-order valence-corrected chi connectivity index (χ4v) is 2.10. The van der Waals surface area contributed by atoms with E-state index in [1.807, 2.05) is 13.8 Å². The SMILES string of the molecule is CCC(CC)(CN)NC(=O)COc1ccc(Cl)c(Cl)c1.Cl. The van der Waals surface area contributed by atoms with E-state index in [1.54, 1.807) is 18.2 Å². The van der Waals surface area contributed by atoms with Crippen LogP contribution in [0, 0.1) is 0 Å². The molecule has 1 rings (SSSR count). The fraction of sp³-hybridized carbons (Fsp3) is 0.500. The van der Waals surface area contributed by atoms with Crippen LogP contribution >= 0.6 is 35.6 Å². The Kier molecular flexibility index (Phi) is 9.06. The third-order valence-corrected chi connectivity index (χ3v) is 4.15. The molecule has 0 saturated heterocycles. The number of ether oxygens (including phenoxy) is 1. The first kappa shape index (κ1) is 20.3. The summed E-state index contributed by atoms with van der Waals surface area (Å²) < 4.78 is 5.39. The number of nitrogens with one attached hydrogen (secondary N) is 1. The summed E-state index contributed by atoms with van der Waals surface area (Å²) in [4.78, 5) is 11.9. The number of hydrogen-bond donors (Lipinski definition) is 2. The lowest BCUT2D eigenvalue weighted by Crippen LogP contribution is -2.54. The van der Waals surface area contributed by atoms with Crippen LogP contribution in [-0.2, 0) is 4.79 Å². The van der Waals surface area contributed by atoms with Gasteiger partial charge in [-0.2, -0.15) is 0 Å². The molecule has 0 heterocycles. The van der Waals surface area contributed by atoms with Crippen molar-refractivity contribution in [3.05, 3.63) is 28.2 Å². The molecule has 21 heavy (non-hydrogen) atoms. The van der Waals surface area contributed by atoms with Gasteiger partial charge in [0.05, 0.1) is 15.6 Å². The quantitative estimate of drug-likeness (QED) is 0.787. The van der Waals surface area contributed by atoms with Gasteiger partial charge in [0.2, 0.25) is 0 Å². The smallest absolute Gasteiger partial charge is 0.258 e. The molecule has 0 bridgehead atoms. The molecule has 0 atom stereocenters. The third-order valence-electron chi connectivity index (χ3n) is 3.41. The molecule has 0 spiro atoms. The van der Waals surface area contributed by atoms with Crippen LogP contribution in [0.1, 0.15) is 26.7 Å². The molecule has 7 heteroatoms. The number of halogens is 3. The van der Waals surface area contributed by atoms with Crippen LogP contribution in [-0.4, -0.2) is 24.6 Å². The van der Waals surface area contributed by atoms with Gasteiger partial charge in [-0.1, -0.05) is 37.0 Å². The first-order valence-electron chi connectivity index (χ1n) is 6.55. The van der Waals surface area contributed by atoms with Crippen molar-refractivity contribution in [1.82, 2.24) is 5.32 Å². The highest BCUT2D eigenvalue weighted by Gasteiger charge is 2.26. The Balaban J connectivity index is 0.00000400. The zero-order valence-corrected chi connectivity index (χ0v) is 14.4. The van der Waals surface area contributed by atoms with E-state index in [2.05, 4.69) is 5.32 Å². The molecule has 0 unspecified atom stereocenters. The van der Waals surface area contributed by atoms with Crippen LogP contribution in [0.5, 0.6) is 5.75 Å². The number of benzene rings is 1. The second kappa shape index (κ2) is 9.36. The topological polar surface area (TPSA) is 64.3 Å². The lowest BCUT2D eigenvalue weighted by Gasteiger charge is -2.31. The lowest BCUT2D eigenvalue weighted by molar-refractivity contribution is -0.125. The van der Waals surface area contributed by atoms with Gasteiger partial charge in [-0.05, 0) is 25.0 Å². The predicted molar refractivity (Wildman–Crippen MR) is 89.7 cm³/mol. The predicted octanol–water partition coefficient (Wildman–Crippen LogP) is 3.43. The van der Waals surface area contributed by atoms with E-state index in [0.717, 1.165) is 12.8 Å². The average Bonchev–Trinajstić information content (AvgIpc) is 2.46. The summed E-state index contributed by atoms with van der Waals surface area (Å²) in [6.07, 6.45) is 1.55. The normalized spacial score (nSPS) is 10.7. The van der Waals surface area contributed by atoms with Crippen LogP contribution in [0.3, 0.4) is 0 Å². The van der Waals surface area contributed by atoms with Gasteiger partial charge in [0, 0.05) is 12.6 Å². The van der Waals surface area contributed by atoms with Crippen molar-refractivity contribution in [2.75, 3.05) is 13.2 Å². The minimum atomic E-state index is -0.363. The maximum atomic E-state index is 11.9. The Morgan fingerprint density at radius 1 is 1.29 bits per heavy atom. The zero-order valence-electron chi connectivity index (χ0n) is 12.1. The summed E-state index contributed by atoms with van der Waals surface area (Å²) in [5.41, 5.74) is 5.37. The van der Waals surface area contributed by atoms with Crippen molar-refractivity contribution >= 4 is 41.5 Å². The number of carbonyl (C=O) groups is 1. The highest BCUT2D eigenvalue weighted by molar-refractivity contribution is 6.42. The van der Waals surface area contributed by atoms with E-state index in [0.29, 0.717) is 22.3 Å². The van der Waals surface area contributed by atoms with Gasteiger partial charge in [-0.15, -0.1) is 12.4 Å². The molecule has 1 aromatic rings. The molecule has 0 aliphatic rings. The molecule has 4 nitrogen and oxygen atoms in total. The van der Waals surface area contributed by atoms with Gasteiger partial charge in [-0.25, -0.2) is 0 Å². The van der Waals surface area contributed by atoms with Crippen molar-refractivity contribution in [2.45, 2.75) is 32.2 Å². The molecular formula is C14H21Cl3N2O2. The molecule has 0 aliphatic heterocycles. The van der Waals surface area contributed by atoms with Crippen LogP contribution in [0.15, 0.2) is 18.2 Å².